The highest BCUT2D eigenvalue weighted by Gasteiger charge is 2.18. The van der Waals surface area contributed by atoms with Gasteiger partial charge < -0.3 is 14.7 Å². The fraction of sp³-hybridized carbons (Fsp3) is 0.933. The number of hydrogen-bond acceptors (Lipinski definition) is 4. The lowest BCUT2D eigenvalue weighted by Gasteiger charge is -2.31. The molecule has 0 aromatic heterocycles. The minimum absolute atomic E-state index is 0.299. The number of aliphatic carboxylic acids is 1. The van der Waals surface area contributed by atoms with Gasteiger partial charge in [0.25, 0.3) is 0 Å². The van der Waals surface area contributed by atoms with Crippen LogP contribution in [0.4, 0.5) is 0 Å². The largest absolute Gasteiger partial charge is 0.481 e. The molecule has 0 aromatic carbocycles. The van der Waals surface area contributed by atoms with Gasteiger partial charge in [-0.15, -0.1) is 0 Å². The van der Waals surface area contributed by atoms with E-state index in [1.165, 1.54) is 0 Å². The molecule has 1 fully saturated rings. The quantitative estimate of drug-likeness (QED) is 0.694. The summed E-state index contributed by atoms with van der Waals surface area (Å²) in [6.07, 6.45) is 1.12. The number of hydrogen-bond donors (Lipinski definition) is 1. The smallest absolute Gasteiger partial charge is 0.307 e. The minimum atomic E-state index is -0.703. The van der Waals surface area contributed by atoms with Crippen molar-refractivity contribution in [3.63, 3.8) is 0 Å². The first-order valence-corrected chi connectivity index (χ1v) is 7.74. The molecule has 1 unspecified atom stereocenters. The van der Waals surface area contributed by atoms with Crippen LogP contribution in [-0.4, -0.2) is 73.4 Å². The van der Waals surface area contributed by atoms with E-state index in [-0.39, 0.29) is 5.92 Å². The van der Waals surface area contributed by atoms with E-state index in [9.17, 15) is 4.79 Å². The van der Waals surface area contributed by atoms with E-state index in [0.717, 1.165) is 52.4 Å². The van der Waals surface area contributed by atoms with Gasteiger partial charge in [-0.3, -0.25) is 9.69 Å². The van der Waals surface area contributed by atoms with Gasteiger partial charge in [0.05, 0.1) is 19.1 Å². The van der Waals surface area contributed by atoms with Crippen LogP contribution in [0.2, 0.25) is 0 Å². The number of carbonyl (C=O) groups is 1. The standard InChI is InChI=1S/C15H30N2O3/c1-13(2)4-5-17(12-14(3)15(18)19)7-6-16-8-10-20-11-9-16/h13-14H,4-12H2,1-3H3,(H,18,19). The van der Waals surface area contributed by atoms with Crippen LogP contribution in [-0.2, 0) is 9.53 Å². The Labute approximate surface area is 122 Å². The molecule has 0 spiro atoms. The summed E-state index contributed by atoms with van der Waals surface area (Å²) in [5.41, 5.74) is 0. The average Bonchev–Trinajstić information content (AvgIpc) is 2.42. The Morgan fingerprint density at radius 2 is 1.90 bits per heavy atom. The zero-order valence-corrected chi connectivity index (χ0v) is 13.2. The molecular formula is C15H30N2O3. The van der Waals surface area contributed by atoms with Crippen LogP contribution in [0.5, 0.6) is 0 Å². The monoisotopic (exact) mass is 286 g/mol. The van der Waals surface area contributed by atoms with Gasteiger partial charge in [0.1, 0.15) is 0 Å². The Hall–Kier alpha value is -0.650. The molecule has 0 amide bonds. The van der Waals surface area contributed by atoms with E-state index in [1.807, 2.05) is 0 Å². The van der Waals surface area contributed by atoms with Gasteiger partial charge in [-0.25, -0.2) is 0 Å². The van der Waals surface area contributed by atoms with Gasteiger partial charge in [0, 0.05) is 32.7 Å². The number of carboxylic acids is 1. The molecule has 1 atom stereocenters. The third-order valence-corrected chi connectivity index (χ3v) is 3.81. The van der Waals surface area contributed by atoms with E-state index in [4.69, 9.17) is 9.84 Å². The predicted molar refractivity (Wildman–Crippen MR) is 80.0 cm³/mol. The molecule has 0 saturated carbocycles. The summed E-state index contributed by atoms with van der Waals surface area (Å²) in [7, 11) is 0. The van der Waals surface area contributed by atoms with Crippen molar-refractivity contribution in [2.45, 2.75) is 27.2 Å². The van der Waals surface area contributed by atoms with Crippen molar-refractivity contribution in [1.29, 1.82) is 0 Å². The number of nitrogens with zero attached hydrogens (tertiary/aromatic N) is 2. The predicted octanol–water partition coefficient (Wildman–Crippen LogP) is 1.39. The topological polar surface area (TPSA) is 53.0 Å². The fourth-order valence-corrected chi connectivity index (χ4v) is 2.31. The van der Waals surface area contributed by atoms with Crippen LogP contribution in [0.1, 0.15) is 27.2 Å². The van der Waals surface area contributed by atoms with Gasteiger partial charge in [-0.1, -0.05) is 20.8 Å². The maximum absolute atomic E-state index is 11.0. The molecule has 0 aromatic rings. The summed E-state index contributed by atoms with van der Waals surface area (Å²) in [5, 5.41) is 9.07. The van der Waals surface area contributed by atoms with Crippen molar-refractivity contribution in [1.82, 2.24) is 9.80 Å². The molecule has 0 bridgehead atoms. The molecule has 0 aliphatic carbocycles. The summed E-state index contributed by atoms with van der Waals surface area (Å²) in [5.74, 6) is -0.348. The number of carboxylic acid groups (broad SMARTS) is 1. The van der Waals surface area contributed by atoms with Crippen molar-refractivity contribution in [3.05, 3.63) is 0 Å². The number of rotatable bonds is 9. The van der Waals surface area contributed by atoms with Crippen LogP contribution in [0.15, 0.2) is 0 Å². The molecule has 118 valence electrons. The van der Waals surface area contributed by atoms with Crippen LogP contribution < -0.4 is 0 Å². The lowest BCUT2D eigenvalue weighted by atomic mass is 10.1. The molecule has 20 heavy (non-hydrogen) atoms. The molecular weight excluding hydrogens is 256 g/mol. The molecule has 1 rings (SSSR count). The van der Waals surface area contributed by atoms with Gasteiger partial charge in [0.15, 0.2) is 0 Å². The first-order valence-electron chi connectivity index (χ1n) is 7.74. The normalized spacial score (nSPS) is 18.6. The Morgan fingerprint density at radius 3 is 2.45 bits per heavy atom. The van der Waals surface area contributed by atoms with Crippen molar-refractivity contribution in [3.8, 4) is 0 Å². The summed E-state index contributed by atoms with van der Waals surface area (Å²) in [6.45, 7) is 13.4. The van der Waals surface area contributed by atoms with Gasteiger partial charge in [-0.2, -0.15) is 0 Å². The Morgan fingerprint density at radius 1 is 1.25 bits per heavy atom. The van der Waals surface area contributed by atoms with E-state index >= 15 is 0 Å². The second kappa shape index (κ2) is 9.32. The zero-order chi connectivity index (χ0) is 15.0. The van der Waals surface area contributed by atoms with Crippen molar-refractivity contribution < 1.29 is 14.6 Å². The average molecular weight is 286 g/mol. The molecule has 5 heteroatoms. The maximum atomic E-state index is 11.0. The molecule has 1 heterocycles. The van der Waals surface area contributed by atoms with Crippen molar-refractivity contribution in [2.24, 2.45) is 11.8 Å². The Balaban J connectivity index is 2.37. The Kier molecular flexibility index (Phi) is 8.11. The second-order valence-corrected chi connectivity index (χ2v) is 6.18. The van der Waals surface area contributed by atoms with E-state index in [0.29, 0.717) is 12.5 Å². The summed E-state index contributed by atoms with van der Waals surface area (Å²) in [4.78, 5) is 15.7. The van der Waals surface area contributed by atoms with Crippen LogP contribution in [0.25, 0.3) is 0 Å². The first kappa shape index (κ1) is 17.4. The summed E-state index contributed by atoms with van der Waals surface area (Å²) in [6, 6.07) is 0. The van der Waals surface area contributed by atoms with E-state index < -0.39 is 5.97 Å². The molecule has 0 radical (unpaired) electrons. The molecule has 1 saturated heterocycles. The SMILES string of the molecule is CC(C)CCN(CCN1CCOCC1)CC(C)C(=O)O. The molecule has 1 aliphatic rings. The number of morpholine rings is 1. The lowest BCUT2D eigenvalue weighted by molar-refractivity contribution is -0.141. The minimum Gasteiger partial charge on any atom is -0.481 e. The summed E-state index contributed by atoms with van der Waals surface area (Å²) >= 11 is 0. The van der Waals surface area contributed by atoms with Crippen molar-refractivity contribution in [2.75, 3.05) is 52.5 Å². The highest BCUT2D eigenvalue weighted by atomic mass is 16.5. The lowest BCUT2D eigenvalue weighted by Crippen LogP contribution is -2.43. The third kappa shape index (κ3) is 7.22. The second-order valence-electron chi connectivity index (χ2n) is 6.18. The van der Waals surface area contributed by atoms with Gasteiger partial charge >= 0.3 is 5.97 Å². The fourth-order valence-electron chi connectivity index (χ4n) is 2.31. The highest BCUT2D eigenvalue weighted by Crippen LogP contribution is 2.07. The van der Waals surface area contributed by atoms with Crippen LogP contribution in [0, 0.1) is 11.8 Å². The van der Waals surface area contributed by atoms with Crippen LogP contribution in [0.3, 0.4) is 0 Å². The molecule has 5 nitrogen and oxygen atoms in total. The molecule has 1 aliphatic heterocycles. The van der Waals surface area contributed by atoms with E-state index in [1.54, 1.807) is 6.92 Å². The summed E-state index contributed by atoms with van der Waals surface area (Å²) < 4.78 is 5.35. The van der Waals surface area contributed by atoms with Crippen molar-refractivity contribution >= 4 is 5.97 Å². The maximum Gasteiger partial charge on any atom is 0.307 e. The highest BCUT2D eigenvalue weighted by molar-refractivity contribution is 5.69. The first-order chi connectivity index (χ1) is 9.49. The Bertz CT molecular complexity index is 278. The molecule has 1 N–H and O–H groups in total. The van der Waals surface area contributed by atoms with Gasteiger partial charge in [0.2, 0.25) is 0 Å². The third-order valence-electron chi connectivity index (χ3n) is 3.81. The van der Waals surface area contributed by atoms with Gasteiger partial charge in [-0.05, 0) is 18.9 Å². The van der Waals surface area contributed by atoms with Crippen LogP contribution >= 0.6 is 0 Å². The number of ether oxygens (including phenoxy) is 1. The zero-order valence-electron chi connectivity index (χ0n) is 13.2. The van der Waals surface area contributed by atoms with E-state index in [2.05, 4.69) is 23.6 Å².